The van der Waals surface area contributed by atoms with Crippen LogP contribution in [0.4, 0.5) is 34.1 Å². The first-order valence-corrected chi connectivity index (χ1v) is 40.6. The molecular formula is C106H89BN4S. The van der Waals surface area contributed by atoms with E-state index in [4.69, 9.17) is 0 Å². The van der Waals surface area contributed by atoms with Gasteiger partial charge in [-0.25, -0.2) is 0 Å². The number of benzene rings is 15. The molecule has 0 saturated carbocycles. The van der Waals surface area contributed by atoms with Crippen LogP contribution in [0.2, 0.25) is 0 Å². The molecule has 2 aliphatic rings. The van der Waals surface area contributed by atoms with Crippen molar-refractivity contribution in [3.05, 3.63) is 344 Å². The topological polar surface area (TPSA) is 16.3 Å². The molecular weight excluding hydrogens is 1370 g/mol. The molecule has 0 radical (unpaired) electrons. The van der Waals surface area contributed by atoms with Gasteiger partial charge in [0.15, 0.2) is 0 Å². The molecule has 0 N–H and O–H groups in total. The summed E-state index contributed by atoms with van der Waals surface area (Å²) in [5.41, 5.74) is 33.7. The van der Waals surface area contributed by atoms with E-state index in [2.05, 4.69) is 424 Å². The zero-order chi connectivity index (χ0) is 76.4. The highest BCUT2D eigenvalue weighted by molar-refractivity contribution is 7.28. The molecule has 0 fully saturated rings. The molecule has 20 rings (SSSR count). The van der Waals surface area contributed by atoms with Crippen LogP contribution in [0.15, 0.2) is 322 Å². The number of para-hydroxylation sites is 2. The van der Waals surface area contributed by atoms with E-state index in [-0.39, 0.29) is 28.4 Å². The van der Waals surface area contributed by atoms with Gasteiger partial charge in [0.2, 0.25) is 0 Å². The van der Waals surface area contributed by atoms with Gasteiger partial charge in [-0.15, -0.1) is 11.3 Å². The van der Waals surface area contributed by atoms with Crippen molar-refractivity contribution in [2.45, 2.75) is 105 Å². The van der Waals surface area contributed by atoms with Gasteiger partial charge >= 0.3 is 0 Å². The Balaban J connectivity index is 1.00. The van der Waals surface area contributed by atoms with Crippen LogP contribution in [0.3, 0.4) is 0 Å². The quantitative estimate of drug-likeness (QED) is 0.134. The molecule has 3 aromatic heterocycles. The van der Waals surface area contributed by atoms with Crippen LogP contribution in [-0.4, -0.2) is 15.8 Å². The number of nitrogens with zero attached hydrogens (tertiary/aromatic N) is 4. The van der Waals surface area contributed by atoms with Gasteiger partial charge in [0.05, 0.1) is 39.1 Å². The van der Waals surface area contributed by atoms with E-state index in [9.17, 15) is 0 Å². The van der Waals surface area contributed by atoms with Crippen LogP contribution in [-0.2, 0) is 21.7 Å². The average molecular weight is 1460 g/mol. The van der Waals surface area contributed by atoms with E-state index in [1.807, 2.05) is 11.3 Å². The summed E-state index contributed by atoms with van der Waals surface area (Å²) in [5, 5.41) is 7.53. The van der Waals surface area contributed by atoms with Gasteiger partial charge < -0.3 is 18.9 Å². The lowest BCUT2D eigenvalue weighted by atomic mass is 9.33. The van der Waals surface area contributed by atoms with Crippen molar-refractivity contribution < 1.29 is 0 Å². The number of anilines is 6. The summed E-state index contributed by atoms with van der Waals surface area (Å²) < 4.78 is 7.74. The minimum atomic E-state index is -0.317. The second-order valence-corrected chi connectivity index (χ2v) is 36.3. The SMILES string of the molecule is CC(C)(C)c1ccc2c(c1)c1cc(C(C)(C)C)ccc1n2-c1ccc2c(c1)N(c1c(-c3ccccc3)cccc1-c1ccccc1)c1cc(-c3ccccc3)cc3c1B2c1c(cc(-n2c4ccc(C(C)(C)C)cc4c4cc(C(C)(C)C)ccc42)c2c1sc1ccccc12)N3c1c(-c2ccccc2)cccc1-c1ccccc1. The lowest BCUT2D eigenvalue weighted by Gasteiger charge is -2.46. The first-order chi connectivity index (χ1) is 54.1. The highest BCUT2D eigenvalue weighted by Gasteiger charge is 2.48. The molecule has 0 spiro atoms. The first-order valence-electron chi connectivity index (χ1n) is 39.7. The Morgan fingerprint density at radius 3 is 1.02 bits per heavy atom. The van der Waals surface area contributed by atoms with Crippen LogP contribution < -0.4 is 26.2 Å². The molecule has 18 aromatic rings. The number of rotatable bonds is 9. The predicted octanol–water partition coefficient (Wildman–Crippen LogP) is 27.9. The first kappa shape index (κ1) is 69.0. The van der Waals surface area contributed by atoms with E-state index >= 15 is 0 Å². The summed E-state index contributed by atoms with van der Waals surface area (Å²) >= 11 is 1.96. The Labute approximate surface area is 662 Å². The van der Waals surface area contributed by atoms with Crippen LogP contribution >= 0.6 is 11.3 Å². The molecule has 0 saturated heterocycles. The van der Waals surface area contributed by atoms with Crippen LogP contribution in [0.5, 0.6) is 0 Å². The fraction of sp³-hybridized carbons (Fsp3) is 0.151. The molecule has 5 heterocycles. The Hall–Kier alpha value is -12.2. The fourth-order valence-electron chi connectivity index (χ4n) is 18.3. The minimum Gasteiger partial charge on any atom is -0.310 e. The molecule has 0 aliphatic carbocycles. The van der Waals surface area contributed by atoms with E-state index in [0.29, 0.717) is 0 Å². The maximum Gasteiger partial charge on any atom is 0.254 e. The minimum absolute atomic E-state index is 0.0704. The molecule has 542 valence electrons. The second kappa shape index (κ2) is 25.7. The monoisotopic (exact) mass is 1460 g/mol. The lowest BCUT2D eigenvalue weighted by Crippen LogP contribution is -2.61. The highest BCUT2D eigenvalue weighted by Crippen LogP contribution is 2.57. The summed E-state index contributed by atoms with van der Waals surface area (Å²) in [5.74, 6) is 0. The second-order valence-electron chi connectivity index (χ2n) is 35.2. The predicted molar refractivity (Wildman–Crippen MR) is 484 cm³/mol. The van der Waals surface area contributed by atoms with Gasteiger partial charge in [0, 0.05) is 92.4 Å². The van der Waals surface area contributed by atoms with Crippen molar-refractivity contribution in [3.8, 4) is 67.0 Å². The Morgan fingerprint density at radius 2 is 0.616 bits per heavy atom. The normalized spacial score (nSPS) is 13.1. The van der Waals surface area contributed by atoms with Crippen molar-refractivity contribution in [3.63, 3.8) is 0 Å². The maximum atomic E-state index is 2.76. The molecule has 0 unspecified atom stereocenters. The fourth-order valence-corrected chi connectivity index (χ4v) is 19.6. The third-order valence-corrected chi connectivity index (χ3v) is 25.3. The van der Waals surface area contributed by atoms with Crippen LogP contribution in [0.25, 0.3) is 131 Å². The van der Waals surface area contributed by atoms with E-state index in [0.717, 1.165) is 101 Å². The maximum absolute atomic E-state index is 2.76. The standard InChI is InChI=1S/C106H89BN4S/c1-103(2,3)72-48-54-87-82(60-72)83-61-73(104(4,5)6)49-55-88(83)108(87)76-52-53-86-91(64-76)110(100-77(67-34-20-14-21-35-67)43-30-44-78(100)68-36-22-15-23-37-68)93-58-71(66-32-18-13-19-33-66)59-94-98(93)107(86)99-95(111(94)101-79(69-38-24-16-25-39-69)45-31-46-80(101)70-40-26-17-27-41-70)65-92(97-81-42-28-29-47-96(81)112-102(97)99)109-89-56-50-74(105(7,8)9)62-84(89)85-63-75(106(10,11)12)51-57-90(85)109/h13-65H,1-12H3. The summed E-state index contributed by atoms with van der Waals surface area (Å²) in [7, 11) is 0. The molecule has 0 atom stereocenters. The van der Waals surface area contributed by atoms with Gasteiger partial charge in [-0.05, 0) is 179 Å². The van der Waals surface area contributed by atoms with Gasteiger partial charge in [-0.3, -0.25) is 0 Å². The molecule has 4 nitrogen and oxygen atoms in total. The number of fused-ring (bicyclic) bond motifs is 14. The van der Waals surface area contributed by atoms with Crippen molar-refractivity contribution >= 4 is 132 Å². The van der Waals surface area contributed by atoms with Crippen molar-refractivity contribution in [1.29, 1.82) is 0 Å². The summed E-state index contributed by atoms with van der Waals surface area (Å²) in [4.78, 5) is 5.48. The van der Waals surface area contributed by atoms with E-state index in [1.54, 1.807) is 0 Å². The molecule has 6 heteroatoms. The number of aromatic nitrogens is 2. The highest BCUT2D eigenvalue weighted by atomic mass is 32.1. The van der Waals surface area contributed by atoms with Crippen molar-refractivity contribution in [2.24, 2.45) is 0 Å². The van der Waals surface area contributed by atoms with Gasteiger partial charge in [-0.2, -0.15) is 0 Å². The molecule has 2 aliphatic heterocycles. The third-order valence-electron chi connectivity index (χ3n) is 24.1. The molecule has 0 amide bonds. The summed E-state index contributed by atoms with van der Waals surface area (Å²) in [6.45, 7) is 27.8. The van der Waals surface area contributed by atoms with Crippen LogP contribution in [0.1, 0.15) is 105 Å². The smallest absolute Gasteiger partial charge is 0.254 e. The molecule has 112 heavy (non-hydrogen) atoms. The molecule has 0 bridgehead atoms. The number of thiophene rings is 1. The van der Waals surface area contributed by atoms with Gasteiger partial charge in [0.25, 0.3) is 6.71 Å². The van der Waals surface area contributed by atoms with Gasteiger partial charge in [0.1, 0.15) is 0 Å². The summed E-state index contributed by atoms with van der Waals surface area (Å²) in [6.07, 6.45) is 0. The van der Waals surface area contributed by atoms with Crippen molar-refractivity contribution in [2.75, 3.05) is 9.80 Å². The third kappa shape index (κ3) is 11.1. The largest absolute Gasteiger partial charge is 0.310 e. The Bertz CT molecular complexity index is 6560. The number of hydrogen-bond acceptors (Lipinski definition) is 3. The van der Waals surface area contributed by atoms with Crippen LogP contribution in [0, 0.1) is 0 Å². The summed E-state index contributed by atoms with van der Waals surface area (Å²) in [6, 6.07) is 124. The number of hydrogen-bond donors (Lipinski definition) is 0. The van der Waals surface area contributed by atoms with Gasteiger partial charge in [-0.1, -0.05) is 320 Å². The molecule has 15 aromatic carbocycles. The Kier molecular flexibility index (Phi) is 15.8. The average Bonchev–Trinajstić information content (AvgIpc) is 1.18. The zero-order valence-corrected chi connectivity index (χ0v) is 66.7. The van der Waals surface area contributed by atoms with E-state index < -0.39 is 0 Å². The lowest BCUT2D eigenvalue weighted by molar-refractivity contribution is 0.590. The zero-order valence-electron chi connectivity index (χ0n) is 65.9. The Morgan fingerprint density at radius 1 is 0.259 bits per heavy atom. The van der Waals surface area contributed by atoms with Crippen molar-refractivity contribution in [1.82, 2.24) is 9.13 Å². The van der Waals surface area contributed by atoms with E-state index in [1.165, 1.54) is 102 Å².